The summed E-state index contributed by atoms with van der Waals surface area (Å²) in [4.78, 5) is 40.6. The number of aryl methyl sites for hydroxylation is 1. The first kappa shape index (κ1) is 32.0. The molecule has 2 aromatic heterocycles. The number of H-pyrrole nitrogens is 1. The maximum Gasteiger partial charge on any atom is 0.410 e. The van der Waals surface area contributed by atoms with Crippen molar-refractivity contribution < 1.29 is 34.0 Å². The second kappa shape index (κ2) is 14.4. The van der Waals surface area contributed by atoms with Crippen molar-refractivity contribution in [2.45, 2.75) is 59.0 Å². The minimum Gasteiger partial charge on any atom is -0.494 e. The molecule has 0 atom stereocenters. The number of carboxylic acid groups (broad SMARTS) is 1. The van der Waals surface area contributed by atoms with Crippen LogP contribution >= 0.6 is 0 Å². The number of aliphatic imine (C=N–C) groups is 1. The van der Waals surface area contributed by atoms with Gasteiger partial charge in [-0.05, 0) is 58.6 Å². The monoisotopic (exact) mass is 584 g/mol. The third-order valence-electron chi connectivity index (χ3n) is 6.06. The largest absolute Gasteiger partial charge is 0.494 e. The summed E-state index contributed by atoms with van der Waals surface area (Å²) in [5, 5.41) is 23.3. The van der Waals surface area contributed by atoms with Crippen molar-refractivity contribution in [3.8, 4) is 17.6 Å². The molecule has 0 spiro atoms. The van der Waals surface area contributed by atoms with Gasteiger partial charge in [0.05, 0.1) is 30.4 Å². The highest BCUT2D eigenvalue weighted by Gasteiger charge is 2.20. The molecule has 0 fully saturated rings. The molecular weight excluding hydrogens is 544 g/mol. The van der Waals surface area contributed by atoms with E-state index in [1.807, 2.05) is 39.8 Å². The number of unbranched alkanes of at least 4 members (excludes halogenated alkanes) is 1. The Kier molecular flexibility index (Phi) is 10.9. The lowest BCUT2D eigenvalue weighted by molar-refractivity contribution is -0.137. The molecule has 0 radical (unpaired) electrons. The van der Waals surface area contributed by atoms with E-state index >= 15 is 0 Å². The normalized spacial score (nSPS) is 11.6. The number of aromatic amines is 1. The standard InChI is InChI=1S/C29H40N6O7/c1-18-11-12-19(16-21(18)41-15-8-7-10-22(36)37)31-17-20-23-24(33-27(40-6)34-25(23)32-26(20)38)30-13-9-14-35(5)28(39)42-29(2,3)4/h11-12,16-17,38H,7-10,13-15H2,1-6H3,(H,36,37)(H2,30,32,33,34). The number of nitrogens with zero attached hydrogens (tertiary/aromatic N) is 4. The second-order valence-corrected chi connectivity index (χ2v) is 10.8. The van der Waals surface area contributed by atoms with Gasteiger partial charge in [0, 0.05) is 38.8 Å². The first-order valence-corrected chi connectivity index (χ1v) is 13.7. The topological polar surface area (TPSA) is 171 Å². The van der Waals surface area contributed by atoms with Gasteiger partial charge in [-0.2, -0.15) is 9.97 Å². The van der Waals surface area contributed by atoms with Crippen LogP contribution in [0.1, 0.15) is 57.6 Å². The van der Waals surface area contributed by atoms with E-state index in [1.165, 1.54) is 18.2 Å². The molecular formula is C29H40N6O7. The Bertz CT molecular complexity index is 1410. The smallest absolute Gasteiger partial charge is 0.410 e. The number of anilines is 1. The number of carboxylic acids is 1. The Hall–Kier alpha value is -4.55. The molecule has 0 saturated heterocycles. The maximum atomic E-state index is 12.2. The van der Waals surface area contributed by atoms with Gasteiger partial charge >= 0.3 is 18.1 Å². The first-order valence-electron chi connectivity index (χ1n) is 13.7. The molecule has 3 rings (SSSR count). The van der Waals surface area contributed by atoms with Crippen LogP contribution in [0.5, 0.6) is 17.6 Å². The number of nitrogens with one attached hydrogen (secondary N) is 2. The van der Waals surface area contributed by atoms with Gasteiger partial charge in [0.15, 0.2) is 5.88 Å². The predicted molar refractivity (Wildman–Crippen MR) is 159 cm³/mol. The van der Waals surface area contributed by atoms with E-state index in [0.29, 0.717) is 72.8 Å². The van der Waals surface area contributed by atoms with Crippen LogP contribution in [-0.2, 0) is 9.53 Å². The minimum absolute atomic E-state index is 0.107. The Morgan fingerprint density at radius 3 is 2.64 bits per heavy atom. The van der Waals surface area contributed by atoms with Crippen molar-refractivity contribution in [1.82, 2.24) is 19.9 Å². The molecule has 42 heavy (non-hydrogen) atoms. The lowest BCUT2D eigenvalue weighted by Crippen LogP contribution is -2.35. The number of hydrogen-bond acceptors (Lipinski definition) is 10. The zero-order valence-corrected chi connectivity index (χ0v) is 25.0. The SMILES string of the molecule is COc1nc(NCCCN(C)C(=O)OC(C)(C)C)c2c(C=Nc3ccc(C)c(OCCCCC(=O)O)c3)c(O)[nH]c2n1. The van der Waals surface area contributed by atoms with E-state index in [1.54, 1.807) is 13.1 Å². The number of carbonyl (C=O) groups is 2. The average molecular weight is 585 g/mol. The highest BCUT2D eigenvalue weighted by molar-refractivity contribution is 6.06. The molecule has 13 nitrogen and oxygen atoms in total. The zero-order valence-electron chi connectivity index (χ0n) is 25.0. The van der Waals surface area contributed by atoms with Gasteiger partial charge < -0.3 is 39.6 Å². The molecule has 0 saturated carbocycles. The highest BCUT2D eigenvalue weighted by atomic mass is 16.6. The molecule has 0 unspecified atom stereocenters. The Morgan fingerprint density at radius 2 is 1.95 bits per heavy atom. The van der Waals surface area contributed by atoms with Crippen molar-refractivity contribution in [2.24, 2.45) is 4.99 Å². The molecule has 1 amide bonds. The maximum absolute atomic E-state index is 12.2. The fourth-order valence-electron chi connectivity index (χ4n) is 3.91. The van der Waals surface area contributed by atoms with Crippen LogP contribution in [0.3, 0.4) is 0 Å². The van der Waals surface area contributed by atoms with Crippen LogP contribution in [0.15, 0.2) is 23.2 Å². The molecule has 0 aliphatic rings. The van der Waals surface area contributed by atoms with Crippen LogP contribution in [0.25, 0.3) is 11.0 Å². The number of benzene rings is 1. The fraction of sp³-hybridized carbons (Fsp3) is 0.483. The van der Waals surface area contributed by atoms with Crippen LogP contribution in [0, 0.1) is 6.92 Å². The van der Waals surface area contributed by atoms with Crippen molar-refractivity contribution in [1.29, 1.82) is 0 Å². The predicted octanol–water partition coefficient (Wildman–Crippen LogP) is 5.03. The number of carbonyl (C=O) groups excluding carboxylic acids is 1. The molecule has 3 aromatic rings. The van der Waals surface area contributed by atoms with Crippen LogP contribution < -0.4 is 14.8 Å². The van der Waals surface area contributed by atoms with Gasteiger partial charge in [0.1, 0.15) is 22.8 Å². The summed E-state index contributed by atoms with van der Waals surface area (Å²) in [5.74, 6) is 0.126. The number of rotatable bonds is 14. The molecule has 4 N–H and O–H groups in total. The molecule has 0 bridgehead atoms. The van der Waals surface area contributed by atoms with E-state index in [2.05, 4.69) is 25.3 Å². The molecule has 1 aromatic carbocycles. The summed E-state index contributed by atoms with van der Waals surface area (Å²) in [5.41, 5.74) is 1.70. The molecule has 13 heteroatoms. The van der Waals surface area contributed by atoms with Crippen molar-refractivity contribution in [2.75, 3.05) is 39.2 Å². The summed E-state index contributed by atoms with van der Waals surface area (Å²) < 4.78 is 16.5. The van der Waals surface area contributed by atoms with Crippen LogP contribution in [0.2, 0.25) is 0 Å². The summed E-state index contributed by atoms with van der Waals surface area (Å²) in [6.45, 7) is 8.69. The van der Waals surface area contributed by atoms with E-state index < -0.39 is 17.7 Å². The van der Waals surface area contributed by atoms with E-state index in [0.717, 1.165) is 5.56 Å². The Balaban J connectivity index is 1.74. The number of hydrogen-bond donors (Lipinski definition) is 4. The van der Waals surface area contributed by atoms with Gasteiger partial charge in [-0.1, -0.05) is 6.07 Å². The third-order valence-corrected chi connectivity index (χ3v) is 6.06. The van der Waals surface area contributed by atoms with Gasteiger partial charge in [0.2, 0.25) is 0 Å². The number of aromatic hydroxyl groups is 1. The van der Waals surface area contributed by atoms with Gasteiger partial charge in [-0.25, -0.2) is 4.79 Å². The average Bonchev–Trinajstić information content (AvgIpc) is 3.24. The number of aromatic nitrogens is 3. The van der Waals surface area contributed by atoms with E-state index in [-0.39, 0.29) is 18.3 Å². The van der Waals surface area contributed by atoms with Gasteiger partial charge in [0.25, 0.3) is 0 Å². The minimum atomic E-state index is -0.823. The summed E-state index contributed by atoms with van der Waals surface area (Å²) in [6.07, 6.45) is 2.99. The van der Waals surface area contributed by atoms with Crippen molar-refractivity contribution >= 4 is 40.8 Å². The summed E-state index contributed by atoms with van der Waals surface area (Å²) in [6, 6.07) is 5.61. The molecule has 228 valence electrons. The Labute approximate surface area is 244 Å². The van der Waals surface area contributed by atoms with Crippen LogP contribution in [-0.4, -0.2) is 87.8 Å². The molecule has 0 aliphatic carbocycles. The van der Waals surface area contributed by atoms with E-state index in [4.69, 9.17) is 19.3 Å². The Morgan fingerprint density at radius 1 is 1.19 bits per heavy atom. The van der Waals surface area contributed by atoms with Gasteiger partial charge in [-0.3, -0.25) is 9.79 Å². The number of fused-ring (bicyclic) bond motifs is 1. The number of aliphatic carboxylic acids is 1. The first-order chi connectivity index (χ1) is 19.9. The zero-order chi connectivity index (χ0) is 30.9. The van der Waals surface area contributed by atoms with Crippen molar-refractivity contribution in [3.05, 3.63) is 29.3 Å². The fourth-order valence-corrected chi connectivity index (χ4v) is 3.91. The number of methoxy groups -OCH3 is 1. The lowest BCUT2D eigenvalue weighted by atomic mass is 10.2. The third kappa shape index (κ3) is 9.25. The van der Waals surface area contributed by atoms with Gasteiger partial charge in [-0.15, -0.1) is 0 Å². The van der Waals surface area contributed by atoms with Crippen LogP contribution in [0.4, 0.5) is 16.3 Å². The van der Waals surface area contributed by atoms with E-state index in [9.17, 15) is 14.7 Å². The second-order valence-electron chi connectivity index (χ2n) is 10.8. The number of ether oxygens (including phenoxy) is 3. The summed E-state index contributed by atoms with van der Waals surface area (Å²) >= 11 is 0. The van der Waals surface area contributed by atoms with Crippen molar-refractivity contribution in [3.63, 3.8) is 0 Å². The lowest BCUT2D eigenvalue weighted by Gasteiger charge is -2.24. The summed E-state index contributed by atoms with van der Waals surface area (Å²) in [7, 11) is 3.13. The molecule has 2 heterocycles. The quantitative estimate of drug-likeness (QED) is 0.149. The highest BCUT2D eigenvalue weighted by Crippen LogP contribution is 2.32. The molecule has 0 aliphatic heterocycles. The number of amides is 1.